The third-order valence-electron chi connectivity index (χ3n) is 2.36. The number of hydrogen-bond acceptors (Lipinski definition) is 4. The molecule has 0 aliphatic rings. The average Bonchev–Trinajstić information content (AvgIpc) is 2.67. The number of nitrogens with zero attached hydrogens (tertiary/aromatic N) is 4. The molecule has 0 aliphatic heterocycles. The van der Waals surface area contributed by atoms with Crippen LogP contribution in [0.15, 0.2) is 18.7 Å². The Morgan fingerprint density at radius 2 is 2.19 bits per heavy atom. The van der Waals surface area contributed by atoms with Gasteiger partial charge in [0.1, 0.15) is 23.1 Å². The van der Waals surface area contributed by atoms with E-state index in [0.717, 1.165) is 17.2 Å². The molecule has 0 saturated carbocycles. The number of aromatic nitrogens is 4. The normalized spacial score (nSPS) is 10.4. The number of halogens is 1. The standard InChI is InChI=1S/C10H12ClN5/c1-7-9(11)14-6-15-10(7)13-5-8-12-3-4-16(8)2/h3-4,6H,5H2,1-2H3,(H,13,14,15). The first-order valence-corrected chi connectivity index (χ1v) is 5.23. The van der Waals surface area contributed by atoms with Gasteiger partial charge in [0.25, 0.3) is 0 Å². The molecule has 2 rings (SSSR count). The highest BCUT2D eigenvalue weighted by Crippen LogP contribution is 2.18. The Balaban J connectivity index is 2.11. The molecule has 0 radical (unpaired) electrons. The van der Waals surface area contributed by atoms with Crippen LogP contribution in [0.1, 0.15) is 11.4 Å². The Hall–Kier alpha value is -1.62. The monoisotopic (exact) mass is 237 g/mol. The number of hydrogen-bond donors (Lipinski definition) is 1. The summed E-state index contributed by atoms with van der Waals surface area (Å²) in [6.07, 6.45) is 5.10. The maximum Gasteiger partial charge on any atom is 0.137 e. The molecule has 0 spiro atoms. The Morgan fingerprint density at radius 1 is 1.38 bits per heavy atom. The van der Waals surface area contributed by atoms with Crippen molar-refractivity contribution in [2.24, 2.45) is 7.05 Å². The van der Waals surface area contributed by atoms with Crippen LogP contribution in [0.3, 0.4) is 0 Å². The van der Waals surface area contributed by atoms with E-state index < -0.39 is 0 Å². The molecule has 2 aromatic heterocycles. The minimum atomic E-state index is 0.470. The van der Waals surface area contributed by atoms with Crippen molar-refractivity contribution in [3.63, 3.8) is 0 Å². The zero-order valence-electron chi connectivity index (χ0n) is 9.11. The fourth-order valence-corrected chi connectivity index (χ4v) is 1.47. The fraction of sp³-hybridized carbons (Fsp3) is 0.300. The predicted octanol–water partition coefficient (Wildman–Crippen LogP) is 1.78. The molecule has 2 aromatic rings. The van der Waals surface area contributed by atoms with Crippen LogP contribution in [0.5, 0.6) is 0 Å². The molecule has 0 fully saturated rings. The summed E-state index contributed by atoms with van der Waals surface area (Å²) in [5, 5.41) is 3.65. The minimum Gasteiger partial charge on any atom is -0.362 e. The lowest BCUT2D eigenvalue weighted by Crippen LogP contribution is -2.08. The summed E-state index contributed by atoms with van der Waals surface area (Å²) >= 11 is 5.89. The van der Waals surface area contributed by atoms with Crippen LogP contribution in [-0.2, 0) is 13.6 Å². The minimum absolute atomic E-state index is 0.470. The van der Waals surface area contributed by atoms with Crippen molar-refractivity contribution in [3.8, 4) is 0 Å². The summed E-state index contributed by atoms with van der Waals surface area (Å²) in [7, 11) is 1.95. The van der Waals surface area contributed by atoms with Gasteiger partial charge in [-0.1, -0.05) is 11.6 Å². The predicted molar refractivity (Wildman–Crippen MR) is 62.3 cm³/mol. The molecule has 0 saturated heterocycles. The van der Waals surface area contributed by atoms with E-state index in [1.807, 2.05) is 24.7 Å². The van der Waals surface area contributed by atoms with Gasteiger partial charge in [0.15, 0.2) is 0 Å². The van der Waals surface area contributed by atoms with E-state index in [0.29, 0.717) is 11.7 Å². The SMILES string of the molecule is Cc1c(Cl)ncnc1NCc1nccn1C. The van der Waals surface area contributed by atoms with Crippen molar-refractivity contribution in [2.45, 2.75) is 13.5 Å². The van der Waals surface area contributed by atoms with Crippen molar-refractivity contribution in [1.82, 2.24) is 19.5 Å². The van der Waals surface area contributed by atoms with Crippen LogP contribution in [0.2, 0.25) is 5.15 Å². The van der Waals surface area contributed by atoms with Crippen molar-refractivity contribution >= 4 is 17.4 Å². The zero-order chi connectivity index (χ0) is 11.5. The lowest BCUT2D eigenvalue weighted by atomic mass is 10.3. The molecule has 5 nitrogen and oxygen atoms in total. The van der Waals surface area contributed by atoms with Crippen LogP contribution in [0, 0.1) is 6.92 Å². The Morgan fingerprint density at radius 3 is 2.88 bits per heavy atom. The first-order valence-electron chi connectivity index (χ1n) is 4.85. The summed E-state index contributed by atoms with van der Waals surface area (Å²) in [4.78, 5) is 12.2. The molecule has 1 N–H and O–H groups in total. The maximum absolute atomic E-state index is 5.89. The fourth-order valence-electron chi connectivity index (χ4n) is 1.34. The number of rotatable bonds is 3. The molecule has 84 valence electrons. The van der Waals surface area contributed by atoms with Crippen molar-refractivity contribution < 1.29 is 0 Å². The molecule has 6 heteroatoms. The van der Waals surface area contributed by atoms with Crippen LogP contribution in [0.25, 0.3) is 0 Å². The van der Waals surface area contributed by atoms with Crippen molar-refractivity contribution in [2.75, 3.05) is 5.32 Å². The molecule has 0 unspecified atom stereocenters. The van der Waals surface area contributed by atoms with Crippen LogP contribution >= 0.6 is 11.6 Å². The van der Waals surface area contributed by atoms with E-state index in [2.05, 4.69) is 20.3 Å². The van der Waals surface area contributed by atoms with E-state index in [9.17, 15) is 0 Å². The highest BCUT2D eigenvalue weighted by atomic mass is 35.5. The van der Waals surface area contributed by atoms with E-state index in [4.69, 9.17) is 11.6 Å². The lowest BCUT2D eigenvalue weighted by Gasteiger charge is -2.08. The molecule has 2 heterocycles. The largest absolute Gasteiger partial charge is 0.362 e. The quantitative estimate of drug-likeness (QED) is 0.827. The van der Waals surface area contributed by atoms with Crippen molar-refractivity contribution in [1.29, 1.82) is 0 Å². The van der Waals surface area contributed by atoms with Gasteiger partial charge in [-0.25, -0.2) is 15.0 Å². The zero-order valence-corrected chi connectivity index (χ0v) is 9.86. The molecular weight excluding hydrogens is 226 g/mol. The van der Waals surface area contributed by atoms with Gasteiger partial charge in [-0.2, -0.15) is 0 Å². The second kappa shape index (κ2) is 4.49. The first-order chi connectivity index (χ1) is 7.68. The van der Waals surface area contributed by atoms with E-state index in [1.54, 1.807) is 6.20 Å². The molecular formula is C10H12ClN5. The Labute approximate surface area is 98.5 Å². The highest BCUT2D eigenvalue weighted by Gasteiger charge is 2.05. The van der Waals surface area contributed by atoms with Gasteiger partial charge in [0.05, 0.1) is 6.54 Å². The van der Waals surface area contributed by atoms with E-state index in [-0.39, 0.29) is 0 Å². The number of aryl methyl sites for hydroxylation is 1. The van der Waals surface area contributed by atoms with Gasteiger partial charge in [0, 0.05) is 25.0 Å². The van der Waals surface area contributed by atoms with Crippen LogP contribution in [0.4, 0.5) is 5.82 Å². The maximum atomic E-state index is 5.89. The summed E-state index contributed by atoms with van der Waals surface area (Å²) in [6, 6.07) is 0. The van der Waals surface area contributed by atoms with Gasteiger partial charge in [-0.05, 0) is 6.92 Å². The number of imidazole rings is 1. The molecule has 16 heavy (non-hydrogen) atoms. The second-order valence-electron chi connectivity index (χ2n) is 3.45. The smallest absolute Gasteiger partial charge is 0.137 e. The third kappa shape index (κ3) is 2.14. The second-order valence-corrected chi connectivity index (χ2v) is 3.80. The summed E-state index contributed by atoms with van der Waals surface area (Å²) in [5.74, 6) is 1.68. The van der Waals surface area contributed by atoms with Gasteiger partial charge >= 0.3 is 0 Å². The van der Waals surface area contributed by atoms with E-state index in [1.165, 1.54) is 6.33 Å². The summed E-state index contributed by atoms with van der Waals surface area (Å²) < 4.78 is 1.95. The Bertz CT molecular complexity index is 494. The summed E-state index contributed by atoms with van der Waals surface area (Å²) in [6.45, 7) is 2.49. The lowest BCUT2D eigenvalue weighted by molar-refractivity contribution is 0.809. The molecule has 0 aliphatic carbocycles. The molecule has 0 aromatic carbocycles. The van der Waals surface area contributed by atoms with Crippen LogP contribution < -0.4 is 5.32 Å². The average molecular weight is 238 g/mol. The topological polar surface area (TPSA) is 55.6 Å². The van der Waals surface area contributed by atoms with Crippen LogP contribution in [-0.4, -0.2) is 19.5 Å². The first kappa shape index (κ1) is 10.9. The van der Waals surface area contributed by atoms with E-state index >= 15 is 0 Å². The highest BCUT2D eigenvalue weighted by molar-refractivity contribution is 6.30. The van der Waals surface area contributed by atoms with Gasteiger partial charge in [-0.15, -0.1) is 0 Å². The molecule has 0 bridgehead atoms. The van der Waals surface area contributed by atoms with Gasteiger partial charge < -0.3 is 9.88 Å². The number of anilines is 1. The van der Waals surface area contributed by atoms with Gasteiger partial charge in [0.2, 0.25) is 0 Å². The van der Waals surface area contributed by atoms with Crippen molar-refractivity contribution in [3.05, 3.63) is 35.3 Å². The molecule has 0 atom stereocenters. The molecule has 0 amide bonds. The Kier molecular flexibility index (Phi) is 3.05. The van der Waals surface area contributed by atoms with Gasteiger partial charge in [-0.3, -0.25) is 0 Å². The number of nitrogens with one attached hydrogen (secondary N) is 1. The third-order valence-corrected chi connectivity index (χ3v) is 2.74. The summed E-state index contributed by atoms with van der Waals surface area (Å²) in [5.41, 5.74) is 0.846.